The van der Waals surface area contributed by atoms with Crippen molar-refractivity contribution in [3.8, 4) is 5.75 Å². The van der Waals surface area contributed by atoms with E-state index in [1.54, 1.807) is 6.92 Å². The molecule has 1 fully saturated rings. The molecule has 1 aliphatic carbocycles. The molecule has 0 atom stereocenters. The van der Waals surface area contributed by atoms with Gasteiger partial charge in [-0.1, -0.05) is 23.5 Å². The van der Waals surface area contributed by atoms with E-state index in [0.29, 0.717) is 28.6 Å². The lowest BCUT2D eigenvalue weighted by molar-refractivity contribution is -0.274. The lowest BCUT2D eigenvalue weighted by Gasteiger charge is -2.10. The zero-order chi connectivity index (χ0) is 18.9. The van der Waals surface area contributed by atoms with E-state index < -0.39 is 6.36 Å². The van der Waals surface area contributed by atoms with E-state index in [2.05, 4.69) is 10.1 Å². The number of benzene rings is 1. The molecule has 1 aromatic carbocycles. The maximum Gasteiger partial charge on any atom is 0.573 e. The van der Waals surface area contributed by atoms with Gasteiger partial charge in [-0.3, -0.25) is 14.2 Å². The Morgan fingerprint density at radius 3 is 2.54 bits per heavy atom. The van der Waals surface area contributed by atoms with Crippen LogP contribution in [0.1, 0.15) is 33.8 Å². The number of alkyl halides is 3. The fourth-order valence-corrected chi connectivity index (χ4v) is 3.40. The second kappa shape index (κ2) is 7.14. The van der Waals surface area contributed by atoms with Gasteiger partial charge >= 0.3 is 11.2 Å². The van der Waals surface area contributed by atoms with E-state index >= 15 is 0 Å². The number of ether oxygens (including phenoxy) is 1. The molecule has 0 unspecified atom stereocenters. The Labute approximate surface area is 151 Å². The molecule has 0 radical (unpaired) electrons. The Balaban J connectivity index is 1.71. The Bertz CT molecular complexity index is 852. The SMILES string of the molecule is Cc1c(C(=O)NCC2CC2)sc(=O)n1Cc1ccc(OC(F)(F)F)cc1. The molecule has 1 amide bonds. The summed E-state index contributed by atoms with van der Waals surface area (Å²) < 4.78 is 41.8. The van der Waals surface area contributed by atoms with Crippen molar-refractivity contribution in [2.45, 2.75) is 32.7 Å². The summed E-state index contributed by atoms with van der Waals surface area (Å²) in [6, 6.07) is 5.30. The first kappa shape index (κ1) is 18.5. The van der Waals surface area contributed by atoms with E-state index in [0.717, 1.165) is 24.2 Å². The van der Waals surface area contributed by atoms with Crippen molar-refractivity contribution < 1.29 is 22.7 Å². The van der Waals surface area contributed by atoms with Gasteiger partial charge in [0, 0.05) is 12.2 Å². The predicted octanol–water partition coefficient (Wildman–Crippen LogP) is 3.30. The molecule has 1 aromatic heterocycles. The maximum absolute atomic E-state index is 12.2. The van der Waals surface area contributed by atoms with Crippen LogP contribution in [0.15, 0.2) is 29.1 Å². The third-order valence-corrected chi connectivity index (χ3v) is 5.18. The summed E-state index contributed by atoms with van der Waals surface area (Å²) in [7, 11) is 0. The first-order chi connectivity index (χ1) is 12.2. The third-order valence-electron chi connectivity index (χ3n) is 4.10. The molecule has 0 aliphatic heterocycles. The van der Waals surface area contributed by atoms with Gasteiger partial charge in [0.1, 0.15) is 10.6 Å². The molecular weight excluding hydrogens is 369 g/mol. The number of hydrogen-bond donors (Lipinski definition) is 1. The highest BCUT2D eigenvalue weighted by Crippen LogP contribution is 2.28. The predicted molar refractivity (Wildman–Crippen MR) is 90.6 cm³/mol. The molecule has 3 rings (SSSR count). The van der Waals surface area contributed by atoms with Crippen LogP contribution in [0.3, 0.4) is 0 Å². The average Bonchev–Trinajstić information content (AvgIpc) is 3.34. The fourth-order valence-electron chi connectivity index (χ4n) is 2.49. The molecule has 2 aromatic rings. The van der Waals surface area contributed by atoms with Gasteiger partial charge in [0.2, 0.25) is 0 Å². The van der Waals surface area contributed by atoms with Crippen LogP contribution in [0, 0.1) is 12.8 Å². The van der Waals surface area contributed by atoms with E-state index in [1.807, 2.05) is 0 Å². The molecule has 140 valence electrons. The minimum atomic E-state index is -4.74. The molecule has 9 heteroatoms. The largest absolute Gasteiger partial charge is 0.573 e. The highest BCUT2D eigenvalue weighted by Gasteiger charge is 2.31. The van der Waals surface area contributed by atoms with E-state index in [4.69, 9.17) is 0 Å². The van der Waals surface area contributed by atoms with Crippen LogP contribution in [-0.4, -0.2) is 23.4 Å². The summed E-state index contributed by atoms with van der Waals surface area (Å²) >= 11 is 0.873. The van der Waals surface area contributed by atoms with Crippen molar-refractivity contribution in [3.05, 3.63) is 50.1 Å². The highest BCUT2D eigenvalue weighted by molar-refractivity contribution is 7.11. The zero-order valence-electron chi connectivity index (χ0n) is 13.9. The summed E-state index contributed by atoms with van der Waals surface area (Å²) in [5.41, 5.74) is 1.18. The molecule has 5 nitrogen and oxygen atoms in total. The van der Waals surface area contributed by atoms with Crippen molar-refractivity contribution in [2.75, 3.05) is 6.54 Å². The van der Waals surface area contributed by atoms with E-state index in [9.17, 15) is 22.8 Å². The molecule has 26 heavy (non-hydrogen) atoms. The quantitative estimate of drug-likeness (QED) is 0.829. The van der Waals surface area contributed by atoms with Gasteiger partial charge in [-0.15, -0.1) is 13.2 Å². The van der Waals surface area contributed by atoms with Crippen LogP contribution < -0.4 is 14.9 Å². The van der Waals surface area contributed by atoms with Crippen LogP contribution in [0.5, 0.6) is 5.75 Å². The van der Waals surface area contributed by atoms with Crippen LogP contribution >= 0.6 is 11.3 Å². The topological polar surface area (TPSA) is 60.3 Å². The second-order valence-corrected chi connectivity index (χ2v) is 7.18. The lowest BCUT2D eigenvalue weighted by atomic mass is 10.2. The Morgan fingerprint density at radius 1 is 1.31 bits per heavy atom. The molecular formula is C17H17F3N2O3S. The second-order valence-electron chi connectivity index (χ2n) is 6.21. The smallest absolute Gasteiger partial charge is 0.406 e. The number of carbonyl (C=O) groups is 1. The van der Waals surface area contributed by atoms with Crippen molar-refractivity contribution in [2.24, 2.45) is 5.92 Å². The third kappa shape index (κ3) is 4.66. The van der Waals surface area contributed by atoms with Crippen molar-refractivity contribution in [1.82, 2.24) is 9.88 Å². The van der Waals surface area contributed by atoms with Crippen LogP contribution in [0.2, 0.25) is 0 Å². The normalized spacial score (nSPS) is 14.3. The van der Waals surface area contributed by atoms with Gasteiger partial charge in [0.25, 0.3) is 5.91 Å². The average molecular weight is 386 g/mol. The van der Waals surface area contributed by atoms with Gasteiger partial charge in [-0.05, 0) is 43.4 Å². The summed E-state index contributed by atoms with van der Waals surface area (Å²) in [6.07, 6.45) is -2.51. The Hall–Kier alpha value is -2.29. The monoisotopic (exact) mass is 386 g/mol. The number of nitrogens with one attached hydrogen (secondary N) is 1. The number of rotatable bonds is 6. The van der Waals surface area contributed by atoms with Crippen molar-refractivity contribution >= 4 is 17.2 Å². The first-order valence-electron chi connectivity index (χ1n) is 8.06. The van der Waals surface area contributed by atoms with Crippen LogP contribution in [0.25, 0.3) is 0 Å². The maximum atomic E-state index is 12.2. The molecule has 0 bridgehead atoms. The van der Waals surface area contributed by atoms with E-state index in [-0.39, 0.29) is 23.1 Å². The van der Waals surface area contributed by atoms with Gasteiger partial charge in [-0.2, -0.15) is 0 Å². The van der Waals surface area contributed by atoms with Crippen molar-refractivity contribution in [1.29, 1.82) is 0 Å². The number of aromatic nitrogens is 1. The number of nitrogens with zero attached hydrogens (tertiary/aromatic N) is 1. The Kier molecular flexibility index (Phi) is 5.08. The zero-order valence-corrected chi connectivity index (χ0v) is 14.7. The minimum Gasteiger partial charge on any atom is -0.406 e. The van der Waals surface area contributed by atoms with Gasteiger partial charge in [0.15, 0.2) is 0 Å². The fraction of sp³-hybridized carbons (Fsp3) is 0.412. The summed E-state index contributed by atoms with van der Waals surface area (Å²) in [5, 5.41) is 2.83. The molecule has 1 aliphatic rings. The summed E-state index contributed by atoms with van der Waals surface area (Å²) in [6.45, 7) is 2.47. The van der Waals surface area contributed by atoms with Gasteiger partial charge < -0.3 is 10.1 Å². The number of thiazole rings is 1. The van der Waals surface area contributed by atoms with Crippen molar-refractivity contribution in [3.63, 3.8) is 0 Å². The number of carbonyl (C=O) groups excluding carboxylic acids is 1. The number of amides is 1. The molecule has 0 spiro atoms. The molecule has 1 heterocycles. The molecule has 1 saturated carbocycles. The molecule has 0 saturated heterocycles. The van der Waals surface area contributed by atoms with Gasteiger partial charge in [-0.25, -0.2) is 0 Å². The molecule has 1 N–H and O–H groups in total. The lowest BCUT2D eigenvalue weighted by Crippen LogP contribution is -2.25. The number of hydrogen-bond acceptors (Lipinski definition) is 4. The van der Waals surface area contributed by atoms with Gasteiger partial charge in [0.05, 0.1) is 6.54 Å². The number of halogens is 3. The van der Waals surface area contributed by atoms with Crippen LogP contribution in [-0.2, 0) is 6.54 Å². The Morgan fingerprint density at radius 2 is 1.96 bits per heavy atom. The summed E-state index contributed by atoms with van der Waals surface area (Å²) in [5.74, 6) is -0.0459. The minimum absolute atomic E-state index is 0.170. The standard InChI is InChI=1S/C17H17F3N2O3S/c1-10-14(15(23)21-8-11-2-3-11)26-16(24)22(10)9-12-4-6-13(7-5-12)25-17(18,19)20/h4-7,11H,2-3,8-9H2,1H3,(H,21,23). The highest BCUT2D eigenvalue weighted by atomic mass is 32.1. The van der Waals surface area contributed by atoms with E-state index in [1.165, 1.54) is 28.8 Å². The van der Waals surface area contributed by atoms with Crippen LogP contribution in [0.4, 0.5) is 13.2 Å². The summed E-state index contributed by atoms with van der Waals surface area (Å²) in [4.78, 5) is 24.5. The first-order valence-corrected chi connectivity index (χ1v) is 8.87.